The van der Waals surface area contributed by atoms with Gasteiger partial charge in [-0.3, -0.25) is 4.79 Å². The Bertz CT molecular complexity index is 1020. The Morgan fingerprint density at radius 1 is 1.13 bits per heavy atom. The molecule has 1 aromatic carbocycles. The van der Waals surface area contributed by atoms with Crippen molar-refractivity contribution < 1.29 is 19.0 Å². The molecule has 2 aromatic heterocycles. The van der Waals surface area contributed by atoms with Crippen molar-refractivity contribution >= 4 is 23.3 Å². The quantitative estimate of drug-likeness (QED) is 0.515. The van der Waals surface area contributed by atoms with Crippen LogP contribution >= 0.6 is 11.3 Å². The molecule has 8 nitrogen and oxygen atoms in total. The molecule has 0 N–H and O–H groups in total. The molecule has 31 heavy (non-hydrogen) atoms. The van der Waals surface area contributed by atoms with E-state index in [1.165, 1.54) is 11.3 Å². The lowest BCUT2D eigenvalue weighted by atomic mass is 9.97. The Balaban J connectivity index is 1.30. The maximum absolute atomic E-state index is 12.5. The topological polar surface area (TPSA) is 86.7 Å². The summed E-state index contributed by atoms with van der Waals surface area (Å²) < 4.78 is 16.2. The minimum atomic E-state index is -0.172. The van der Waals surface area contributed by atoms with Crippen molar-refractivity contribution in [2.24, 2.45) is 5.92 Å². The monoisotopic (exact) mass is 440 g/mol. The van der Waals surface area contributed by atoms with Gasteiger partial charge in [-0.2, -0.15) is 0 Å². The summed E-state index contributed by atoms with van der Waals surface area (Å²) >= 11 is 1.50. The Hall–Kier alpha value is -3.20. The number of nitrogens with zero attached hydrogens (tertiary/aromatic N) is 4. The predicted molar refractivity (Wildman–Crippen MR) is 117 cm³/mol. The van der Waals surface area contributed by atoms with Gasteiger partial charge in [0.15, 0.2) is 11.5 Å². The highest BCUT2D eigenvalue weighted by atomic mass is 32.1. The fourth-order valence-electron chi connectivity index (χ4n) is 3.51. The number of rotatable bonds is 7. The number of ether oxygens (including phenoxy) is 3. The second-order valence-electron chi connectivity index (χ2n) is 7.13. The van der Waals surface area contributed by atoms with Gasteiger partial charge in [0.05, 0.1) is 25.8 Å². The lowest BCUT2D eigenvalue weighted by Gasteiger charge is -2.30. The van der Waals surface area contributed by atoms with Gasteiger partial charge in [0.2, 0.25) is 5.95 Å². The highest BCUT2D eigenvalue weighted by Gasteiger charge is 2.27. The van der Waals surface area contributed by atoms with Crippen LogP contribution in [0.25, 0.3) is 10.6 Å². The zero-order chi connectivity index (χ0) is 21.6. The summed E-state index contributed by atoms with van der Waals surface area (Å²) in [4.78, 5) is 27.8. The molecule has 0 amide bonds. The van der Waals surface area contributed by atoms with E-state index in [0.29, 0.717) is 17.4 Å². The smallest absolute Gasteiger partial charge is 0.309 e. The van der Waals surface area contributed by atoms with Crippen LogP contribution < -0.4 is 14.4 Å². The molecule has 0 saturated carbocycles. The normalized spacial score (nSPS) is 14.3. The van der Waals surface area contributed by atoms with E-state index in [1.807, 2.05) is 23.6 Å². The minimum absolute atomic E-state index is 0.107. The lowest BCUT2D eigenvalue weighted by molar-refractivity contribution is -0.150. The maximum atomic E-state index is 12.5. The van der Waals surface area contributed by atoms with Crippen LogP contribution in [0.15, 0.2) is 42.0 Å². The average Bonchev–Trinajstić information content (AvgIpc) is 3.32. The summed E-state index contributed by atoms with van der Waals surface area (Å²) in [6.45, 7) is 1.65. The van der Waals surface area contributed by atoms with E-state index in [9.17, 15) is 4.79 Å². The van der Waals surface area contributed by atoms with Crippen LogP contribution in [0, 0.1) is 5.92 Å². The molecule has 0 radical (unpaired) electrons. The molecule has 1 aliphatic rings. The highest BCUT2D eigenvalue weighted by Crippen LogP contribution is 2.33. The van der Waals surface area contributed by atoms with Gasteiger partial charge < -0.3 is 19.1 Å². The number of hydrogen-bond acceptors (Lipinski definition) is 9. The van der Waals surface area contributed by atoms with E-state index in [1.54, 1.807) is 32.7 Å². The number of carbonyl (C=O) groups is 1. The number of anilines is 1. The van der Waals surface area contributed by atoms with E-state index < -0.39 is 0 Å². The van der Waals surface area contributed by atoms with Crippen molar-refractivity contribution in [3.8, 4) is 22.1 Å². The summed E-state index contributed by atoms with van der Waals surface area (Å²) in [7, 11) is 3.21. The number of thiazole rings is 1. The number of benzene rings is 1. The van der Waals surface area contributed by atoms with Crippen molar-refractivity contribution in [1.82, 2.24) is 15.0 Å². The molecule has 0 atom stereocenters. The molecular weight excluding hydrogens is 416 g/mol. The number of piperidine rings is 1. The second-order valence-corrected chi connectivity index (χ2v) is 7.99. The molecule has 0 unspecified atom stereocenters. The Kier molecular flexibility index (Phi) is 6.61. The fourth-order valence-corrected chi connectivity index (χ4v) is 4.31. The van der Waals surface area contributed by atoms with Gasteiger partial charge >= 0.3 is 5.97 Å². The molecule has 3 heterocycles. The van der Waals surface area contributed by atoms with E-state index in [0.717, 1.165) is 42.2 Å². The third-order valence-electron chi connectivity index (χ3n) is 5.21. The molecule has 1 saturated heterocycles. The zero-order valence-electron chi connectivity index (χ0n) is 17.5. The van der Waals surface area contributed by atoms with E-state index in [2.05, 4.69) is 19.9 Å². The SMILES string of the molecule is COc1ccc(-c2nc(COC(=O)C3CCN(c4ncccn4)CC3)cs2)cc1OC. The largest absolute Gasteiger partial charge is 0.493 e. The number of esters is 1. The summed E-state index contributed by atoms with van der Waals surface area (Å²) in [5.74, 6) is 1.75. The van der Waals surface area contributed by atoms with E-state index in [4.69, 9.17) is 14.2 Å². The van der Waals surface area contributed by atoms with Crippen molar-refractivity contribution in [2.45, 2.75) is 19.4 Å². The summed E-state index contributed by atoms with van der Waals surface area (Å²) in [6.07, 6.45) is 4.91. The summed E-state index contributed by atoms with van der Waals surface area (Å²) in [5, 5.41) is 2.75. The zero-order valence-corrected chi connectivity index (χ0v) is 18.3. The van der Waals surface area contributed by atoms with Gasteiger partial charge in [0, 0.05) is 36.4 Å². The van der Waals surface area contributed by atoms with Gasteiger partial charge in [0.1, 0.15) is 11.6 Å². The Labute approximate surface area is 184 Å². The molecule has 162 valence electrons. The molecule has 3 aromatic rings. The van der Waals surface area contributed by atoms with Crippen molar-refractivity contribution in [3.05, 3.63) is 47.7 Å². The number of carbonyl (C=O) groups excluding carboxylic acids is 1. The first-order chi connectivity index (χ1) is 15.2. The molecule has 0 aliphatic carbocycles. The van der Waals surface area contributed by atoms with Gasteiger partial charge in [-0.25, -0.2) is 15.0 Å². The summed E-state index contributed by atoms with van der Waals surface area (Å²) in [5.41, 5.74) is 1.66. The van der Waals surface area contributed by atoms with Gasteiger partial charge in [-0.15, -0.1) is 11.3 Å². The molecule has 0 bridgehead atoms. The lowest BCUT2D eigenvalue weighted by Crippen LogP contribution is -2.37. The van der Waals surface area contributed by atoms with E-state index >= 15 is 0 Å². The van der Waals surface area contributed by atoms with Crippen LogP contribution in [0.2, 0.25) is 0 Å². The van der Waals surface area contributed by atoms with Crippen LogP contribution in [-0.2, 0) is 16.1 Å². The Morgan fingerprint density at radius 2 is 1.87 bits per heavy atom. The third-order valence-corrected chi connectivity index (χ3v) is 6.15. The van der Waals surface area contributed by atoms with Crippen LogP contribution in [0.5, 0.6) is 11.5 Å². The first-order valence-electron chi connectivity index (χ1n) is 10.0. The average molecular weight is 441 g/mol. The van der Waals surface area contributed by atoms with Crippen LogP contribution in [-0.4, -0.2) is 48.2 Å². The molecular formula is C22H24N4O4S. The van der Waals surface area contributed by atoms with Crippen LogP contribution in [0.3, 0.4) is 0 Å². The standard InChI is InChI=1S/C22H24N4O4S/c1-28-18-5-4-16(12-19(18)29-2)20-25-17(14-31-20)13-30-21(27)15-6-10-26(11-7-15)22-23-8-3-9-24-22/h3-5,8-9,12,14-15H,6-7,10-11,13H2,1-2H3. The first kappa shape index (κ1) is 21.0. The highest BCUT2D eigenvalue weighted by molar-refractivity contribution is 7.13. The minimum Gasteiger partial charge on any atom is -0.493 e. The number of hydrogen-bond donors (Lipinski definition) is 0. The Morgan fingerprint density at radius 3 is 2.58 bits per heavy atom. The van der Waals surface area contributed by atoms with Gasteiger partial charge in [-0.05, 0) is 37.1 Å². The predicted octanol–water partition coefficient (Wildman–Crippen LogP) is 3.58. The third kappa shape index (κ3) is 4.93. The van der Waals surface area contributed by atoms with Crippen LogP contribution in [0.1, 0.15) is 18.5 Å². The summed E-state index contributed by atoms with van der Waals surface area (Å²) in [6, 6.07) is 7.46. The molecule has 1 fully saturated rings. The fraction of sp³-hybridized carbons (Fsp3) is 0.364. The first-order valence-corrected chi connectivity index (χ1v) is 10.9. The van der Waals surface area contributed by atoms with E-state index in [-0.39, 0.29) is 18.5 Å². The number of methoxy groups -OCH3 is 2. The molecule has 4 rings (SSSR count). The number of aromatic nitrogens is 3. The van der Waals surface area contributed by atoms with Crippen molar-refractivity contribution in [1.29, 1.82) is 0 Å². The molecule has 1 aliphatic heterocycles. The molecule has 0 spiro atoms. The van der Waals surface area contributed by atoms with Crippen LogP contribution in [0.4, 0.5) is 5.95 Å². The molecule has 9 heteroatoms. The van der Waals surface area contributed by atoms with Crippen molar-refractivity contribution in [3.63, 3.8) is 0 Å². The van der Waals surface area contributed by atoms with Gasteiger partial charge in [0.25, 0.3) is 0 Å². The van der Waals surface area contributed by atoms with Gasteiger partial charge in [-0.1, -0.05) is 0 Å². The van der Waals surface area contributed by atoms with Crippen molar-refractivity contribution in [2.75, 3.05) is 32.2 Å². The maximum Gasteiger partial charge on any atom is 0.309 e. The second kappa shape index (κ2) is 9.74.